The Kier molecular flexibility index (Phi) is 6.05. The number of para-hydroxylation sites is 2. The van der Waals surface area contributed by atoms with Gasteiger partial charge in [-0.15, -0.1) is 0 Å². The van der Waals surface area contributed by atoms with Crippen molar-refractivity contribution in [2.75, 3.05) is 0 Å². The highest BCUT2D eigenvalue weighted by atomic mass is 17.0. The maximum absolute atomic E-state index is 12.0. The molecule has 7 nitrogen and oxygen atoms in total. The topological polar surface area (TPSA) is 74.3 Å². The molecule has 0 bridgehead atoms. The first-order chi connectivity index (χ1) is 12.7. The van der Waals surface area contributed by atoms with Gasteiger partial charge in [-0.25, -0.2) is 9.59 Å². The number of hydrogen-bond acceptors (Lipinski definition) is 7. The minimum Gasteiger partial charge on any atom is -0.394 e. The maximum Gasteiger partial charge on any atom is 0.536 e. The molecule has 0 spiro atoms. The molecule has 7 heteroatoms. The van der Waals surface area contributed by atoms with E-state index in [2.05, 4.69) is 0 Å². The molecule has 2 aromatic rings. The van der Waals surface area contributed by atoms with Crippen molar-refractivity contribution >= 4 is 12.3 Å². The fraction of sp³-hybridized carbons (Fsp3) is 0.263. The van der Waals surface area contributed by atoms with Crippen molar-refractivity contribution in [3.8, 4) is 11.5 Å². The summed E-state index contributed by atoms with van der Waals surface area (Å²) in [7, 11) is 0. The molecule has 1 aliphatic carbocycles. The van der Waals surface area contributed by atoms with Crippen LogP contribution in [-0.4, -0.2) is 23.6 Å². The Balaban J connectivity index is 1.59. The van der Waals surface area contributed by atoms with Gasteiger partial charge < -0.3 is 9.47 Å². The number of carbonyl (C=O) groups is 2. The van der Waals surface area contributed by atoms with Gasteiger partial charge in [0.2, 0.25) is 0 Å². The molecule has 0 N–H and O–H groups in total. The Morgan fingerprint density at radius 1 is 0.731 bits per heavy atom. The summed E-state index contributed by atoms with van der Waals surface area (Å²) in [5, 5.41) is 0.879. The molecule has 26 heavy (non-hydrogen) atoms. The Morgan fingerprint density at radius 2 is 1.15 bits per heavy atom. The Hall–Kier alpha value is -3.06. The molecule has 3 rings (SSSR count). The van der Waals surface area contributed by atoms with Gasteiger partial charge >= 0.3 is 12.3 Å². The molecule has 1 saturated carbocycles. The highest BCUT2D eigenvalue weighted by Gasteiger charge is 2.31. The zero-order chi connectivity index (χ0) is 18.2. The lowest BCUT2D eigenvalue weighted by Gasteiger charge is -2.23. The number of ether oxygens (including phenoxy) is 2. The highest BCUT2D eigenvalue weighted by molar-refractivity contribution is 5.65. The summed E-state index contributed by atoms with van der Waals surface area (Å²) < 4.78 is 10.1. The van der Waals surface area contributed by atoms with E-state index in [1.165, 1.54) is 0 Å². The standard InChI is InChI=1S/C19H19NO6/c21-18(23-16-11-3-1-4-12-16)25-20(15-9-7-8-10-15)26-19(22)24-17-13-5-2-6-14-17/h1-6,11-15H,7-10H2. The molecule has 1 aliphatic rings. The van der Waals surface area contributed by atoms with E-state index < -0.39 is 12.3 Å². The van der Waals surface area contributed by atoms with Gasteiger partial charge in [-0.05, 0) is 37.1 Å². The van der Waals surface area contributed by atoms with Crippen LogP contribution in [0.1, 0.15) is 25.7 Å². The van der Waals surface area contributed by atoms with E-state index in [9.17, 15) is 9.59 Å². The van der Waals surface area contributed by atoms with E-state index in [1.807, 2.05) is 0 Å². The molecule has 0 aliphatic heterocycles. The minimum atomic E-state index is -0.990. The predicted octanol–water partition coefficient (Wildman–Crippen LogP) is 4.49. The van der Waals surface area contributed by atoms with Crippen molar-refractivity contribution in [2.45, 2.75) is 31.7 Å². The van der Waals surface area contributed by atoms with Gasteiger partial charge in [0.05, 0.1) is 6.04 Å². The summed E-state index contributed by atoms with van der Waals surface area (Å²) in [6.07, 6.45) is 1.39. The molecule has 2 aromatic carbocycles. The summed E-state index contributed by atoms with van der Waals surface area (Å²) in [5.74, 6) is 0.659. The second-order valence-electron chi connectivity index (χ2n) is 5.74. The largest absolute Gasteiger partial charge is 0.536 e. The molecular weight excluding hydrogens is 338 g/mol. The van der Waals surface area contributed by atoms with E-state index in [0.29, 0.717) is 11.5 Å². The third kappa shape index (κ3) is 5.22. The molecule has 0 aromatic heterocycles. The second kappa shape index (κ2) is 8.87. The van der Waals surface area contributed by atoms with Crippen LogP contribution in [0.3, 0.4) is 0 Å². The van der Waals surface area contributed by atoms with Gasteiger partial charge in [-0.3, -0.25) is 9.68 Å². The van der Waals surface area contributed by atoms with Crippen LogP contribution in [0.2, 0.25) is 0 Å². The maximum atomic E-state index is 12.0. The van der Waals surface area contributed by atoms with Crippen molar-refractivity contribution in [2.24, 2.45) is 0 Å². The lowest BCUT2D eigenvalue weighted by atomic mass is 10.3. The molecule has 0 amide bonds. The Bertz CT molecular complexity index is 660. The number of rotatable bonds is 5. The summed E-state index contributed by atoms with van der Waals surface area (Å²) in [6.45, 7) is 0. The third-order valence-electron chi connectivity index (χ3n) is 3.84. The van der Waals surface area contributed by atoms with Crippen LogP contribution in [0.15, 0.2) is 60.7 Å². The van der Waals surface area contributed by atoms with Gasteiger partial charge in [-0.1, -0.05) is 49.2 Å². The van der Waals surface area contributed by atoms with Crippen LogP contribution < -0.4 is 9.47 Å². The van der Waals surface area contributed by atoms with Gasteiger partial charge in [-0.2, -0.15) is 0 Å². The number of hydroxylamine groups is 2. The van der Waals surface area contributed by atoms with Gasteiger partial charge in [0.15, 0.2) is 0 Å². The molecule has 136 valence electrons. The normalized spacial score (nSPS) is 14.0. The molecule has 0 atom stereocenters. The van der Waals surface area contributed by atoms with E-state index in [1.54, 1.807) is 60.7 Å². The van der Waals surface area contributed by atoms with E-state index in [0.717, 1.165) is 30.9 Å². The first-order valence-corrected chi connectivity index (χ1v) is 8.39. The quantitative estimate of drug-likeness (QED) is 0.443. The van der Waals surface area contributed by atoms with Gasteiger partial charge in [0.25, 0.3) is 0 Å². The Morgan fingerprint density at radius 3 is 1.58 bits per heavy atom. The molecular formula is C19H19NO6. The van der Waals surface area contributed by atoms with Crippen molar-refractivity contribution in [1.82, 2.24) is 5.23 Å². The lowest BCUT2D eigenvalue weighted by molar-refractivity contribution is -0.329. The van der Waals surface area contributed by atoms with Gasteiger partial charge in [0, 0.05) is 5.23 Å². The van der Waals surface area contributed by atoms with Crippen LogP contribution in [-0.2, 0) is 9.68 Å². The van der Waals surface area contributed by atoms with Crippen LogP contribution in [0.5, 0.6) is 11.5 Å². The predicted molar refractivity (Wildman–Crippen MR) is 91.2 cm³/mol. The molecule has 0 heterocycles. The lowest BCUT2D eigenvalue weighted by Crippen LogP contribution is -2.39. The van der Waals surface area contributed by atoms with Crippen molar-refractivity contribution in [1.29, 1.82) is 0 Å². The van der Waals surface area contributed by atoms with Crippen molar-refractivity contribution in [3.63, 3.8) is 0 Å². The van der Waals surface area contributed by atoms with Crippen molar-refractivity contribution < 1.29 is 28.7 Å². The Labute approximate surface area is 150 Å². The van der Waals surface area contributed by atoms with Crippen LogP contribution in [0.25, 0.3) is 0 Å². The molecule has 0 radical (unpaired) electrons. The summed E-state index contributed by atoms with van der Waals surface area (Å²) in [4.78, 5) is 34.2. The van der Waals surface area contributed by atoms with E-state index in [4.69, 9.17) is 19.1 Å². The first kappa shape index (κ1) is 17.8. The summed E-state index contributed by atoms with van der Waals surface area (Å²) in [5.41, 5.74) is 0. The van der Waals surface area contributed by atoms with E-state index in [-0.39, 0.29) is 6.04 Å². The number of nitrogens with zero attached hydrogens (tertiary/aromatic N) is 1. The average Bonchev–Trinajstić information content (AvgIpc) is 3.17. The fourth-order valence-electron chi connectivity index (χ4n) is 2.64. The fourth-order valence-corrected chi connectivity index (χ4v) is 2.64. The first-order valence-electron chi connectivity index (χ1n) is 8.39. The van der Waals surface area contributed by atoms with Crippen LogP contribution in [0, 0.1) is 0 Å². The zero-order valence-electron chi connectivity index (χ0n) is 14.1. The number of carbonyl (C=O) groups excluding carboxylic acids is 2. The monoisotopic (exact) mass is 357 g/mol. The average molecular weight is 357 g/mol. The smallest absolute Gasteiger partial charge is 0.394 e. The minimum absolute atomic E-state index is 0.235. The second-order valence-corrected chi connectivity index (χ2v) is 5.74. The zero-order valence-corrected chi connectivity index (χ0v) is 14.1. The van der Waals surface area contributed by atoms with Crippen LogP contribution in [0.4, 0.5) is 9.59 Å². The number of hydrogen-bond donors (Lipinski definition) is 0. The highest BCUT2D eigenvalue weighted by Crippen LogP contribution is 2.25. The SMILES string of the molecule is O=C(Oc1ccccc1)ON(OC(=O)Oc1ccccc1)C1CCCC1. The summed E-state index contributed by atoms with van der Waals surface area (Å²) >= 11 is 0. The van der Waals surface area contributed by atoms with Gasteiger partial charge in [0.1, 0.15) is 11.5 Å². The molecule has 1 fully saturated rings. The van der Waals surface area contributed by atoms with Crippen molar-refractivity contribution in [3.05, 3.63) is 60.7 Å². The third-order valence-corrected chi connectivity index (χ3v) is 3.84. The molecule has 0 saturated heterocycles. The van der Waals surface area contributed by atoms with E-state index >= 15 is 0 Å². The summed E-state index contributed by atoms with van der Waals surface area (Å²) in [6, 6.07) is 16.7. The molecule has 0 unspecified atom stereocenters. The van der Waals surface area contributed by atoms with Crippen LogP contribution >= 0.6 is 0 Å². The number of benzene rings is 2.